The van der Waals surface area contributed by atoms with Crippen LogP contribution in [0.2, 0.25) is 5.02 Å². The molecule has 3 heterocycles. The Balaban J connectivity index is 1.22. The lowest BCUT2D eigenvalue weighted by atomic mass is 10.1. The molecule has 3 N–H and O–H groups in total. The van der Waals surface area contributed by atoms with Crippen LogP contribution in [-0.4, -0.2) is 69.0 Å². The fraction of sp³-hybridized carbons (Fsp3) is 0.323. The highest BCUT2D eigenvalue weighted by Crippen LogP contribution is 2.21. The number of H-pyrrole nitrogens is 1. The van der Waals surface area contributed by atoms with E-state index in [9.17, 15) is 18.8 Å². The number of pyridine rings is 1. The third kappa shape index (κ3) is 7.43. The monoisotopic (exact) mass is 621 g/mol. The molecule has 44 heavy (non-hydrogen) atoms. The van der Waals surface area contributed by atoms with Crippen molar-refractivity contribution in [2.75, 3.05) is 25.5 Å². The van der Waals surface area contributed by atoms with Gasteiger partial charge in [-0.3, -0.25) is 10.1 Å². The lowest BCUT2D eigenvalue weighted by molar-refractivity contribution is -0.132. The van der Waals surface area contributed by atoms with Crippen LogP contribution in [0.15, 0.2) is 54.7 Å². The van der Waals surface area contributed by atoms with Gasteiger partial charge < -0.3 is 24.8 Å². The molecule has 0 aliphatic carbocycles. The van der Waals surface area contributed by atoms with Crippen LogP contribution in [-0.2, 0) is 29.0 Å². The number of rotatable bonds is 9. The molecule has 1 aliphatic heterocycles. The number of carbonyl (C=O) groups excluding carboxylic acids is 3. The molecular weight excluding hydrogens is 589 g/mol. The van der Waals surface area contributed by atoms with Gasteiger partial charge in [-0.1, -0.05) is 48.0 Å². The number of nitrogens with zero attached hydrogens (tertiary/aromatic N) is 4. The summed E-state index contributed by atoms with van der Waals surface area (Å²) in [6, 6.07) is 12.5. The minimum Gasteiger partial charge on any atom is -0.447 e. The zero-order valence-corrected chi connectivity index (χ0v) is 25.2. The van der Waals surface area contributed by atoms with E-state index in [1.807, 2.05) is 31.2 Å². The standard InChI is InChI=1S/C31H33ClFN7O4/c1-19-36-25-12-13-40(17-26(25)37-19)28(41)11-10-23(39(2)30(42)35-16-22-8-5-9-24(33)29(22)32)18-44-31(43)38-27-14-20-6-3-4-7-21(20)15-34-27/h3-9,14-15,23H,10-13,16-18H2,1-2H3,(H,35,42)(H,36,37)(H,34,38,43)/t23-/m0/s1. The molecule has 0 saturated carbocycles. The number of urea groups is 1. The average Bonchev–Trinajstić information content (AvgIpc) is 3.40. The molecule has 2 aromatic carbocycles. The van der Waals surface area contributed by atoms with Crippen LogP contribution in [0.5, 0.6) is 0 Å². The Morgan fingerprint density at radius 1 is 1.18 bits per heavy atom. The number of amides is 4. The molecule has 0 unspecified atom stereocenters. The Morgan fingerprint density at radius 3 is 2.80 bits per heavy atom. The van der Waals surface area contributed by atoms with Crippen molar-refractivity contribution in [3.63, 3.8) is 0 Å². The number of fused-ring (bicyclic) bond motifs is 2. The van der Waals surface area contributed by atoms with Gasteiger partial charge in [0.1, 0.15) is 24.1 Å². The van der Waals surface area contributed by atoms with E-state index in [4.69, 9.17) is 16.3 Å². The van der Waals surface area contributed by atoms with Gasteiger partial charge in [-0.15, -0.1) is 0 Å². The summed E-state index contributed by atoms with van der Waals surface area (Å²) < 4.78 is 19.4. The first kappa shape index (κ1) is 30.7. The maximum absolute atomic E-state index is 13.9. The number of halogens is 2. The summed E-state index contributed by atoms with van der Waals surface area (Å²) in [6.07, 6.45) is 1.92. The van der Waals surface area contributed by atoms with Crippen molar-refractivity contribution in [3.8, 4) is 0 Å². The second-order valence-corrected chi connectivity index (χ2v) is 11.0. The van der Waals surface area contributed by atoms with Crippen LogP contribution in [0.3, 0.4) is 0 Å². The number of ether oxygens (including phenoxy) is 1. The molecule has 4 amide bonds. The molecule has 0 saturated heterocycles. The van der Waals surface area contributed by atoms with E-state index >= 15 is 0 Å². The molecule has 1 atom stereocenters. The van der Waals surface area contributed by atoms with Crippen molar-refractivity contribution in [1.82, 2.24) is 30.1 Å². The van der Waals surface area contributed by atoms with Crippen LogP contribution < -0.4 is 10.6 Å². The van der Waals surface area contributed by atoms with Gasteiger partial charge in [0.05, 0.1) is 29.0 Å². The Bertz CT molecular complexity index is 1680. The van der Waals surface area contributed by atoms with E-state index in [0.29, 0.717) is 30.9 Å². The molecule has 4 aromatic rings. The van der Waals surface area contributed by atoms with Gasteiger partial charge in [0, 0.05) is 44.6 Å². The Kier molecular flexibility index (Phi) is 9.59. The quantitative estimate of drug-likeness (QED) is 0.236. The summed E-state index contributed by atoms with van der Waals surface area (Å²) in [6.45, 7) is 2.66. The van der Waals surface area contributed by atoms with Crippen molar-refractivity contribution in [1.29, 1.82) is 0 Å². The molecule has 11 nitrogen and oxygen atoms in total. The number of aromatic nitrogens is 3. The van der Waals surface area contributed by atoms with Crippen LogP contribution in [0.4, 0.5) is 19.8 Å². The Labute approximate surface area is 258 Å². The first-order valence-electron chi connectivity index (χ1n) is 14.2. The lowest BCUT2D eigenvalue weighted by Gasteiger charge is -2.30. The minimum absolute atomic E-state index is 0.0138. The molecule has 1 aliphatic rings. The highest BCUT2D eigenvalue weighted by atomic mass is 35.5. The summed E-state index contributed by atoms with van der Waals surface area (Å²) in [4.78, 5) is 54.0. The number of anilines is 1. The first-order chi connectivity index (χ1) is 21.2. The normalized spacial score (nSPS) is 13.2. The predicted octanol–water partition coefficient (Wildman–Crippen LogP) is 5.18. The molecule has 0 bridgehead atoms. The van der Waals surface area contributed by atoms with Crippen molar-refractivity contribution >= 4 is 46.2 Å². The fourth-order valence-corrected chi connectivity index (χ4v) is 5.29. The number of carbonyl (C=O) groups is 3. The maximum Gasteiger partial charge on any atom is 0.412 e. The molecule has 0 spiro atoms. The van der Waals surface area contributed by atoms with Gasteiger partial charge in [-0.25, -0.2) is 23.9 Å². The summed E-state index contributed by atoms with van der Waals surface area (Å²) in [5.41, 5.74) is 2.31. The third-order valence-electron chi connectivity index (χ3n) is 7.59. The smallest absolute Gasteiger partial charge is 0.412 e. The van der Waals surface area contributed by atoms with E-state index in [0.717, 1.165) is 28.0 Å². The van der Waals surface area contributed by atoms with E-state index < -0.39 is 24.0 Å². The molecule has 0 radical (unpaired) electrons. The zero-order chi connectivity index (χ0) is 31.2. The van der Waals surface area contributed by atoms with Gasteiger partial charge >= 0.3 is 12.1 Å². The summed E-state index contributed by atoms with van der Waals surface area (Å²) in [5, 5.41) is 7.09. The number of benzene rings is 2. The number of aromatic amines is 1. The van der Waals surface area contributed by atoms with Crippen LogP contribution >= 0.6 is 11.6 Å². The highest BCUT2D eigenvalue weighted by Gasteiger charge is 2.27. The molecule has 5 rings (SSSR count). The Morgan fingerprint density at radius 2 is 1.98 bits per heavy atom. The van der Waals surface area contributed by atoms with Crippen molar-refractivity contribution in [3.05, 3.63) is 88.3 Å². The first-order valence-corrected chi connectivity index (χ1v) is 14.6. The van der Waals surface area contributed by atoms with E-state index in [1.54, 1.807) is 30.3 Å². The maximum atomic E-state index is 13.9. The topological polar surface area (TPSA) is 133 Å². The van der Waals surface area contributed by atoms with Crippen molar-refractivity contribution in [2.45, 2.75) is 45.3 Å². The van der Waals surface area contributed by atoms with Crippen LogP contribution in [0.25, 0.3) is 10.8 Å². The summed E-state index contributed by atoms with van der Waals surface area (Å²) in [7, 11) is 1.55. The van der Waals surface area contributed by atoms with Gasteiger partial charge in [-0.2, -0.15) is 0 Å². The van der Waals surface area contributed by atoms with Gasteiger partial charge in [0.25, 0.3) is 0 Å². The number of aryl methyl sites for hydroxylation is 1. The van der Waals surface area contributed by atoms with Crippen molar-refractivity contribution < 1.29 is 23.5 Å². The SMILES string of the molecule is Cc1nc2c([nH]1)CN(C(=O)CC[C@@H](COC(=O)Nc1cc3ccccc3cn1)N(C)C(=O)NCc1cccc(F)c1Cl)CC2. The predicted molar refractivity (Wildman–Crippen MR) is 164 cm³/mol. The number of nitrogens with one attached hydrogen (secondary N) is 3. The summed E-state index contributed by atoms with van der Waals surface area (Å²) in [5.74, 6) is 0.458. The summed E-state index contributed by atoms with van der Waals surface area (Å²) >= 11 is 6.04. The van der Waals surface area contributed by atoms with Crippen molar-refractivity contribution in [2.24, 2.45) is 0 Å². The number of hydrogen-bond acceptors (Lipinski definition) is 6. The molecule has 2 aromatic heterocycles. The molecule has 230 valence electrons. The average molecular weight is 622 g/mol. The second kappa shape index (κ2) is 13.7. The lowest BCUT2D eigenvalue weighted by Crippen LogP contribution is -2.46. The fourth-order valence-electron chi connectivity index (χ4n) is 5.10. The van der Waals surface area contributed by atoms with Gasteiger partial charge in [-0.05, 0) is 36.4 Å². The molecule has 0 fully saturated rings. The van der Waals surface area contributed by atoms with Gasteiger partial charge in [0.2, 0.25) is 5.91 Å². The highest BCUT2D eigenvalue weighted by molar-refractivity contribution is 6.31. The van der Waals surface area contributed by atoms with E-state index in [2.05, 4.69) is 25.6 Å². The van der Waals surface area contributed by atoms with E-state index in [-0.39, 0.29) is 36.9 Å². The molecule has 13 heteroatoms. The number of hydrogen-bond donors (Lipinski definition) is 3. The Hall–Kier alpha value is -4.71. The van der Waals surface area contributed by atoms with Gasteiger partial charge in [0.15, 0.2) is 0 Å². The third-order valence-corrected chi connectivity index (χ3v) is 8.02. The minimum atomic E-state index is -0.748. The zero-order valence-electron chi connectivity index (χ0n) is 24.4. The van der Waals surface area contributed by atoms with Crippen LogP contribution in [0, 0.1) is 12.7 Å². The van der Waals surface area contributed by atoms with Crippen LogP contribution in [0.1, 0.15) is 35.6 Å². The molecular formula is C31H33ClFN7O4. The second-order valence-electron chi connectivity index (χ2n) is 10.6. The largest absolute Gasteiger partial charge is 0.447 e. The number of likely N-dealkylation sites (N-methyl/N-ethyl adjacent to an activating group) is 1. The van der Waals surface area contributed by atoms with E-state index in [1.165, 1.54) is 17.0 Å². The number of imidazole rings is 1.